The lowest BCUT2D eigenvalue weighted by molar-refractivity contribution is 0.0511. The Balaban J connectivity index is 1.68. The molecule has 1 fully saturated rings. The molecule has 0 aliphatic heterocycles. The molecule has 4 rings (SSSR count). The highest BCUT2D eigenvalue weighted by Crippen LogP contribution is 2.38. The van der Waals surface area contributed by atoms with Gasteiger partial charge in [0.1, 0.15) is 16.8 Å². The van der Waals surface area contributed by atoms with Crippen LogP contribution < -0.4 is 4.74 Å². The minimum Gasteiger partial charge on any atom is -0.468 e. The Kier molecular flexibility index (Phi) is 7.17. The number of hydrogen-bond donors (Lipinski definition) is 0. The van der Waals surface area contributed by atoms with E-state index in [2.05, 4.69) is 11.2 Å². The molecule has 0 N–H and O–H groups in total. The lowest BCUT2D eigenvalue weighted by atomic mass is 10.0. The Morgan fingerprint density at radius 3 is 2.65 bits per heavy atom. The van der Waals surface area contributed by atoms with Gasteiger partial charge in [-0.05, 0) is 43.2 Å². The molecule has 0 atom stereocenters. The van der Waals surface area contributed by atoms with Crippen LogP contribution in [0, 0.1) is 11.3 Å². The van der Waals surface area contributed by atoms with Crippen molar-refractivity contribution in [2.45, 2.75) is 29.5 Å². The first kappa shape index (κ1) is 21.8. The zero-order valence-electron chi connectivity index (χ0n) is 17.6. The van der Waals surface area contributed by atoms with E-state index in [9.17, 15) is 5.26 Å². The van der Waals surface area contributed by atoms with E-state index in [1.54, 1.807) is 29.8 Å². The summed E-state index contributed by atoms with van der Waals surface area (Å²) in [7, 11) is 3.47. The molecular formula is C23H24N4O2S2. The number of aromatic nitrogens is 3. The van der Waals surface area contributed by atoms with E-state index in [1.165, 1.54) is 19.3 Å². The zero-order chi connectivity index (χ0) is 21.6. The van der Waals surface area contributed by atoms with Crippen LogP contribution in [0.3, 0.4) is 0 Å². The molecule has 0 radical (unpaired) electrons. The summed E-state index contributed by atoms with van der Waals surface area (Å²) in [5.41, 5.74) is 4.17. The maximum absolute atomic E-state index is 9.95. The summed E-state index contributed by atoms with van der Waals surface area (Å²) in [5.74, 6) is 0.734. The summed E-state index contributed by atoms with van der Waals surface area (Å²) in [4.78, 5) is 4.87. The number of nitriles is 1. The quantitative estimate of drug-likeness (QED) is 0.320. The molecule has 31 heavy (non-hydrogen) atoms. The standard InChI is InChI=1S/C23H24N4O2S2/c1-27-13-17(12-25-27)20-10-22(16-6-8-18(9-7-16)29-14-28-2)26-23(21(20)11-24)31-15-30-19-4-3-5-19/h6-10,12-13,19H,3-5,14-15H2,1-2H3. The number of hydrogen-bond acceptors (Lipinski definition) is 7. The van der Waals surface area contributed by atoms with E-state index in [4.69, 9.17) is 14.5 Å². The fourth-order valence-electron chi connectivity index (χ4n) is 3.24. The first-order chi connectivity index (χ1) is 15.2. The SMILES string of the molecule is COCOc1ccc(-c2cc(-c3cnn(C)c3)c(C#N)c(SCSC3CCC3)n2)cc1. The van der Waals surface area contributed by atoms with Crippen molar-refractivity contribution >= 4 is 23.5 Å². The van der Waals surface area contributed by atoms with E-state index in [0.717, 1.165) is 43.5 Å². The summed E-state index contributed by atoms with van der Waals surface area (Å²) in [5, 5.41) is 16.7. The normalized spacial score (nSPS) is 13.6. The Hall–Kier alpha value is -2.47. The Morgan fingerprint density at radius 1 is 1.23 bits per heavy atom. The summed E-state index contributed by atoms with van der Waals surface area (Å²) >= 11 is 3.61. The van der Waals surface area contributed by atoms with E-state index >= 15 is 0 Å². The maximum atomic E-state index is 9.95. The molecule has 0 saturated heterocycles. The maximum Gasteiger partial charge on any atom is 0.188 e. The van der Waals surface area contributed by atoms with Gasteiger partial charge in [0.2, 0.25) is 0 Å². The van der Waals surface area contributed by atoms with Crippen LogP contribution in [0.1, 0.15) is 24.8 Å². The smallest absolute Gasteiger partial charge is 0.188 e. The second kappa shape index (κ2) is 10.2. The van der Waals surface area contributed by atoms with Crippen LogP contribution in [0.2, 0.25) is 0 Å². The zero-order valence-corrected chi connectivity index (χ0v) is 19.2. The van der Waals surface area contributed by atoms with E-state index in [1.807, 2.05) is 55.3 Å². The fourth-order valence-corrected chi connectivity index (χ4v) is 5.86. The topological polar surface area (TPSA) is 73.0 Å². The number of nitrogens with zero attached hydrogens (tertiary/aromatic N) is 4. The summed E-state index contributed by atoms with van der Waals surface area (Å²) < 4.78 is 12.2. The van der Waals surface area contributed by atoms with E-state index in [-0.39, 0.29) is 6.79 Å². The van der Waals surface area contributed by atoms with Crippen molar-refractivity contribution in [2.24, 2.45) is 7.05 Å². The predicted molar refractivity (Wildman–Crippen MR) is 125 cm³/mol. The predicted octanol–water partition coefficient (Wildman–Crippen LogP) is 5.34. The second-order valence-electron chi connectivity index (χ2n) is 7.31. The molecule has 3 aromatic rings. The number of methoxy groups -OCH3 is 1. The van der Waals surface area contributed by atoms with Crippen LogP contribution in [0.4, 0.5) is 0 Å². The van der Waals surface area contributed by atoms with Crippen LogP contribution in [-0.4, -0.2) is 39.0 Å². The summed E-state index contributed by atoms with van der Waals surface area (Å²) in [6, 6.07) is 12.1. The van der Waals surface area contributed by atoms with Crippen molar-refractivity contribution in [3.63, 3.8) is 0 Å². The molecule has 1 aliphatic rings. The third-order valence-corrected chi connectivity index (χ3v) is 7.69. The lowest BCUT2D eigenvalue weighted by Crippen LogP contribution is -2.13. The van der Waals surface area contributed by atoms with Crippen molar-refractivity contribution in [1.29, 1.82) is 5.26 Å². The molecule has 0 bridgehead atoms. The number of thioether (sulfide) groups is 2. The average molecular weight is 453 g/mol. The monoisotopic (exact) mass is 452 g/mol. The van der Waals surface area contributed by atoms with Crippen molar-refractivity contribution in [2.75, 3.05) is 19.0 Å². The van der Waals surface area contributed by atoms with E-state index in [0.29, 0.717) is 5.56 Å². The highest BCUT2D eigenvalue weighted by molar-refractivity contribution is 8.16. The second-order valence-corrected chi connectivity index (χ2v) is 9.92. The highest BCUT2D eigenvalue weighted by atomic mass is 32.2. The molecule has 1 aliphatic carbocycles. The molecule has 2 aromatic heterocycles. The van der Waals surface area contributed by atoms with Gasteiger partial charge in [-0.15, -0.1) is 11.8 Å². The summed E-state index contributed by atoms with van der Waals surface area (Å²) in [6.07, 6.45) is 7.64. The number of benzene rings is 1. The molecule has 0 unspecified atom stereocenters. The van der Waals surface area contributed by atoms with Crippen molar-refractivity contribution in [1.82, 2.24) is 14.8 Å². The van der Waals surface area contributed by atoms with Crippen molar-refractivity contribution < 1.29 is 9.47 Å². The Bertz CT molecular complexity index is 1070. The molecule has 0 amide bonds. The average Bonchev–Trinajstić information content (AvgIpc) is 3.20. The van der Waals surface area contributed by atoms with Crippen LogP contribution >= 0.6 is 23.5 Å². The third kappa shape index (κ3) is 5.24. The minimum atomic E-state index is 0.207. The van der Waals surface area contributed by atoms with Gasteiger partial charge >= 0.3 is 0 Å². The largest absolute Gasteiger partial charge is 0.468 e. The van der Waals surface area contributed by atoms with Gasteiger partial charge in [-0.2, -0.15) is 10.4 Å². The van der Waals surface area contributed by atoms with Crippen LogP contribution in [0.25, 0.3) is 22.4 Å². The van der Waals surface area contributed by atoms with Crippen LogP contribution in [0.15, 0.2) is 47.8 Å². The highest BCUT2D eigenvalue weighted by Gasteiger charge is 2.20. The van der Waals surface area contributed by atoms with Crippen molar-refractivity contribution in [3.05, 3.63) is 48.3 Å². The lowest BCUT2D eigenvalue weighted by Gasteiger charge is -2.24. The van der Waals surface area contributed by atoms with Gasteiger partial charge < -0.3 is 9.47 Å². The van der Waals surface area contributed by atoms with Crippen molar-refractivity contribution in [3.8, 4) is 34.2 Å². The first-order valence-electron chi connectivity index (χ1n) is 10.1. The van der Waals surface area contributed by atoms with Gasteiger partial charge in [0.25, 0.3) is 0 Å². The van der Waals surface area contributed by atoms with E-state index < -0.39 is 0 Å². The van der Waals surface area contributed by atoms with Crippen LogP contribution in [-0.2, 0) is 11.8 Å². The number of pyridine rings is 1. The molecule has 6 nitrogen and oxygen atoms in total. The van der Waals surface area contributed by atoms with Gasteiger partial charge in [-0.25, -0.2) is 4.98 Å². The third-order valence-electron chi connectivity index (χ3n) is 5.16. The van der Waals surface area contributed by atoms with Gasteiger partial charge in [0, 0.05) is 47.4 Å². The summed E-state index contributed by atoms with van der Waals surface area (Å²) in [6.45, 7) is 0.207. The Labute approximate surface area is 191 Å². The fraction of sp³-hybridized carbons (Fsp3) is 0.348. The Morgan fingerprint density at radius 2 is 2.03 bits per heavy atom. The molecule has 8 heteroatoms. The molecular weight excluding hydrogens is 428 g/mol. The van der Waals surface area contributed by atoms with Gasteiger partial charge in [-0.3, -0.25) is 4.68 Å². The van der Waals surface area contributed by atoms with Crippen LogP contribution in [0.5, 0.6) is 5.75 Å². The number of rotatable bonds is 9. The first-order valence-corrected chi connectivity index (χ1v) is 12.1. The molecule has 160 valence electrons. The van der Waals surface area contributed by atoms with Gasteiger partial charge in [0.05, 0.1) is 17.5 Å². The van der Waals surface area contributed by atoms with Gasteiger partial charge in [0.15, 0.2) is 6.79 Å². The molecule has 1 aromatic carbocycles. The molecule has 2 heterocycles. The molecule has 1 saturated carbocycles. The van der Waals surface area contributed by atoms with Gasteiger partial charge in [-0.1, -0.05) is 18.2 Å². The number of ether oxygens (including phenoxy) is 2. The molecule has 0 spiro atoms. The minimum absolute atomic E-state index is 0.207. The number of aryl methyl sites for hydroxylation is 1.